The Kier molecular flexibility index (Phi) is 10.2. The lowest BCUT2D eigenvalue weighted by atomic mass is 9.78. The van der Waals surface area contributed by atoms with E-state index in [-0.39, 0.29) is 59.7 Å². The molecule has 17 heteroatoms. The number of nitrogens with one attached hydrogen (secondary N) is 3. The largest absolute Gasteiger partial charge is 0.490 e. The molecule has 4 saturated heterocycles. The van der Waals surface area contributed by atoms with E-state index in [1.165, 1.54) is 6.07 Å². The van der Waals surface area contributed by atoms with Gasteiger partial charge in [0.2, 0.25) is 17.7 Å². The first-order valence-electron chi connectivity index (χ1n) is 18.3. The lowest BCUT2D eigenvalue weighted by molar-refractivity contribution is -0.138. The fraction of sp³-hybridized carbons (Fsp3) is 0.410. The zero-order chi connectivity index (χ0) is 40.1. The summed E-state index contributed by atoms with van der Waals surface area (Å²) in [4.78, 5) is 58.9. The molecule has 13 nitrogen and oxygen atoms in total. The molecule has 2 aromatic carbocycles. The molecule has 4 atom stereocenters. The van der Waals surface area contributed by atoms with Gasteiger partial charge in [0.25, 0.3) is 5.91 Å². The van der Waals surface area contributed by atoms with E-state index >= 15 is 0 Å². The number of hydrogen-bond donors (Lipinski definition) is 3. The number of nitrogens with zero attached hydrogens (tertiary/aromatic N) is 5. The molecule has 5 aliphatic rings. The molecule has 3 aromatic rings. The number of carbonyl (C=O) groups is 4. The molecule has 1 aliphatic carbocycles. The molecule has 0 radical (unpaired) electrons. The fourth-order valence-corrected chi connectivity index (χ4v) is 8.49. The molecule has 292 valence electrons. The Morgan fingerprint density at radius 3 is 2.48 bits per heavy atom. The van der Waals surface area contributed by atoms with Crippen molar-refractivity contribution in [3.05, 3.63) is 71.5 Å². The van der Waals surface area contributed by atoms with Gasteiger partial charge in [-0.1, -0.05) is 13.0 Å². The van der Waals surface area contributed by atoms with Crippen molar-refractivity contribution in [2.24, 2.45) is 0 Å². The molecule has 2 unspecified atom stereocenters. The van der Waals surface area contributed by atoms with E-state index in [2.05, 4.69) is 25.8 Å². The number of nitriles is 1. The van der Waals surface area contributed by atoms with Crippen LogP contribution < -0.4 is 30.5 Å². The van der Waals surface area contributed by atoms with E-state index in [0.29, 0.717) is 35.7 Å². The molecular formula is C39H39F3N8O5S. The Morgan fingerprint density at radius 1 is 1.07 bits per heavy atom. The lowest BCUT2D eigenvalue weighted by Gasteiger charge is -2.54. The van der Waals surface area contributed by atoms with Crippen LogP contribution in [-0.2, 0) is 31.8 Å². The highest BCUT2D eigenvalue weighted by atomic mass is 32.1. The van der Waals surface area contributed by atoms with Gasteiger partial charge in [-0.25, -0.2) is 4.98 Å². The Balaban J connectivity index is 0.974. The van der Waals surface area contributed by atoms with Crippen LogP contribution in [0.1, 0.15) is 69.7 Å². The summed E-state index contributed by atoms with van der Waals surface area (Å²) < 4.78 is 47.8. The normalized spacial score (nSPS) is 23.3. The Bertz CT molecular complexity index is 2160. The van der Waals surface area contributed by atoms with Gasteiger partial charge in [0.05, 0.1) is 24.0 Å². The van der Waals surface area contributed by atoms with Crippen LogP contribution in [0, 0.1) is 11.3 Å². The number of alkyl halides is 3. The van der Waals surface area contributed by atoms with Gasteiger partial charge in [-0.05, 0) is 106 Å². The van der Waals surface area contributed by atoms with Gasteiger partial charge in [0.15, 0.2) is 10.8 Å². The first-order valence-corrected chi connectivity index (χ1v) is 18.7. The van der Waals surface area contributed by atoms with Crippen LogP contribution in [0.3, 0.4) is 0 Å². The molecular weight excluding hydrogens is 750 g/mol. The second-order valence-electron chi connectivity index (χ2n) is 14.9. The van der Waals surface area contributed by atoms with E-state index in [1.54, 1.807) is 49.1 Å². The Labute approximate surface area is 326 Å². The molecule has 4 amide bonds. The zero-order valence-electron chi connectivity index (χ0n) is 30.8. The summed E-state index contributed by atoms with van der Waals surface area (Å²) in [6.45, 7) is 5.47. The van der Waals surface area contributed by atoms with E-state index in [9.17, 15) is 37.6 Å². The van der Waals surface area contributed by atoms with E-state index in [4.69, 9.17) is 17.0 Å². The summed E-state index contributed by atoms with van der Waals surface area (Å²) in [6, 6.07) is 14.5. The number of piperidine rings is 2. The van der Waals surface area contributed by atoms with Crippen LogP contribution in [0.15, 0.2) is 54.7 Å². The number of aromatic nitrogens is 1. The number of benzene rings is 2. The average molecular weight is 789 g/mol. The molecule has 1 aromatic heterocycles. The van der Waals surface area contributed by atoms with Gasteiger partial charge in [-0.15, -0.1) is 0 Å². The molecule has 56 heavy (non-hydrogen) atoms. The van der Waals surface area contributed by atoms with Crippen LogP contribution in [0.2, 0.25) is 0 Å². The highest BCUT2D eigenvalue weighted by Crippen LogP contribution is 2.42. The third-order valence-electron chi connectivity index (χ3n) is 10.8. The number of hydrogen-bond acceptors (Lipinski definition) is 10. The number of rotatable bonds is 10. The molecule has 3 N–H and O–H groups in total. The summed E-state index contributed by atoms with van der Waals surface area (Å²) in [5, 5.41) is 17.6. The Hall–Kier alpha value is -5.60. The zero-order valence-corrected chi connectivity index (χ0v) is 31.6. The second-order valence-corrected chi connectivity index (χ2v) is 15.2. The lowest BCUT2D eigenvalue weighted by Crippen LogP contribution is -2.64. The third kappa shape index (κ3) is 7.38. The standard InChI is InChI=1S/C39H39F3N8O5S/c1-4-21-12-24(50-37(56)49(36(54)38(50,2)3)27-17-29(39(40,41)42)31(18-43)44-19-27)8-10-32(21)55-28-15-25-14-26(16-28)48(25)20-34(52)46-23-7-5-6-22(13-23)45-30-9-11-33(51)47-35(30)53/h5-8,10,12-13,17,19,25-26,28,30,45H,4,9,11,14-16,20H2,1-3H3,(H,46,52)(H,47,51,53)/t25-,26+,28?,30?. The monoisotopic (exact) mass is 788 g/mol. The van der Waals surface area contributed by atoms with Crippen molar-refractivity contribution in [2.45, 2.75) is 95.2 Å². The molecule has 0 spiro atoms. The molecule has 5 heterocycles. The van der Waals surface area contributed by atoms with Crippen molar-refractivity contribution in [1.82, 2.24) is 15.2 Å². The van der Waals surface area contributed by atoms with Crippen molar-refractivity contribution in [1.29, 1.82) is 5.26 Å². The number of halogens is 3. The van der Waals surface area contributed by atoms with E-state index in [0.717, 1.165) is 42.0 Å². The minimum atomic E-state index is -4.86. The predicted molar refractivity (Wildman–Crippen MR) is 204 cm³/mol. The van der Waals surface area contributed by atoms with Gasteiger partial charge in [0.1, 0.15) is 29.5 Å². The highest BCUT2D eigenvalue weighted by molar-refractivity contribution is 7.81. The molecule has 1 saturated carbocycles. The first kappa shape index (κ1) is 38.7. The number of fused-ring (bicyclic) bond motifs is 2. The summed E-state index contributed by atoms with van der Waals surface area (Å²) >= 11 is 5.70. The van der Waals surface area contributed by atoms with Crippen LogP contribution >= 0.6 is 12.2 Å². The van der Waals surface area contributed by atoms with Crippen LogP contribution in [0.5, 0.6) is 5.75 Å². The number of imide groups is 1. The quantitative estimate of drug-likeness (QED) is 0.181. The third-order valence-corrected chi connectivity index (χ3v) is 11.2. The van der Waals surface area contributed by atoms with Crippen molar-refractivity contribution >= 4 is 63.7 Å². The number of aryl methyl sites for hydroxylation is 1. The maximum absolute atomic E-state index is 13.7. The van der Waals surface area contributed by atoms with Crippen molar-refractivity contribution in [3.63, 3.8) is 0 Å². The summed E-state index contributed by atoms with van der Waals surface area (Å²) in [6.07, 6.45) is -0.252. The maximum atomic E-state index is 13.7. The number of pyridine rings is 1. The topological polar surface area (TPSA) is 160 Å². The summed E-state index contributed by atoms with van der Waals surface area (Å²) in [7, 11) is 0. The molecule has 5 fully saturated rings. The number of amides is 4. The number of thiocarbonyl (C=S) groups is 1. The van der Waals surface area contributed by atoms with Crippen molar-refractivity contribution < 1.29 is 37.1 Å². The number of ether oxygens (including phenoxy) is 1. The van der Waals surface area contributed by atoms with E-state index < -0.39 is 34.9 Å². The minimum Gasteiger partial charge on any atom is -0.490 e. The van der Waals surface area contributed by atoms with Gasteiger partial charge in [0, 0.05) is 35.6 Å². The van der Waals surface area contributed by atoms with Gasteiger partial charge >= 0.3 is 6.18 Å². The van der Waals surface area contributed by atoms with E-state index in [1.807, 2.05) is 19.1 Å². The molecule has 4 aliphatic heterocycles. The van der Waals surface area contributed by atoms with Gasteiger partial charge < -0.3 is 20.3 Å². The van der Waals surface area contributed by atoms with Crippen LogP contribution in [-0.4, -0.2) is 74.9 Å². The minimum absolute atomic E-state index is 0.0246. The number of carbonyl (C=O) groups excluding carboxylic acids is 4. The predicted octanol–water partition coefficient (Wildman–Crippen LogP) is 5.29. The SMILES string of the molecule is CCc1cc(N2C(=S)N(c3cnc(C#N)c(C(F)(F)F)c3)C(=O)C2(C)C)ccc1OC1C[C@@H]2C[C@H](C1)N2CC(=O)Nc1cccc(NC2CCC(=O)NC2=O)c1. The van der Waals surface area contributed by atoms with Gasteiger partial charge in [-0.2, -0.15) is 18.4 Å². The fourth-order valence-electron chi connectivity index (χ4n) is 7.96. The summed E-state index contributed by atoms with van der Waals surface area (Å²) in [5.41, 5.74) is -0.826. The molecule has 8 rings (SSSR count). The van der Waals surface area contributed by atoms with Crippen molar-refractivity contribution in [2.75, 3.05) is 27.0 Å². The maximum Gasteiger partial charge on any atom is 0.419 e. The Morgan fingerprint density at radius 2 is 1.80 bits per heavy atom. The molecule has 2 bridgehead atoms. The van der Waals surface area contributed by atoms with Crippen LogP contribution in [0.4, 0.5) is 35.9 Å². The highest BCUT2D eigenvalue weighted by Gasteiger charge is 2.51. The first-order chi connectivity index (χ1) is 26.6. The average Bonchev–Trinajstić information content (AvgIpc) is 3.33. The summed E-state index contributed by atoms with van der Waals surface area (Å²) in [5.74, 6) is -0.688. The van der Waals surface area contributed by atoms with Crippen LogP contribution in [0.25, 0.3) is 0 Å². The number of anilines is 4. The van der Waals surface area contributed by atoms with Gasteiger partial charge in [-0.3, -0.25) is 34.3 Å². The smallest absolute Gasteiger partial charge is 0.419 e. The second kappa shape index (κ2) is 14.8. The van der Waals surface area contributed by atoms with Crippen molar-refractivity contribution in [3.8, 4) is 11.8 Å².